The summed E-state index contributed by atoms with van der Waals surface area (Å²) in [7, 11) is 0. The summed E-state index contributed by atoms with van der Waals surface area (Å²) in [6.07, 6.45) is -2.99. The number of nitrogens with one attached hydrogen (secondary N) is 1. The molecule has 0 spiro atoms. The average Bonchev–Trinajstić information content (AvgIpc) is 3.59. The number of fused-ring (bicyclic) bond motifs is 1. The van der Waals surface area contributed by atoms with Gasteiger partial charge in [0.1, 0.15) is 5.56 Å². The number of alkyl halides is 3. The number of benzene rings is 2. The lowest BCUT2D eigenvalue weighted by Crippen LogP contribution is -2.33. The van der Waals surface area contributed by atoms with Crippen molar-refractivity contribution in [3.63, 3.8) is 0 Å². The third-order valence-corrected chi connectivity index (χ3v) is 8.24. The third kappa shape index (κ3) is 6.68. The first-order valence-corrected chi connectivity index (χ1v) is 13.5. The highest BCUT2D eigenvalue weighted by Crippen LogP contribution is 2.38. The molecular formula is C29H38F3N5O3. The molecule has 2 unspecified atom stereocenters. The van der Waals surface area contributed by atoms with Crippen LogP contribution in [0.3, 0.4) is 0 Å². The maximum atomic E-state index is 13.3. The number of nitro groups is 1. The van der Waals surface area contributed by atoms with Crippen LogP contribution in [0.2, 0.25) is 0 Å². The first-order chi connectivity index (χ1) is 18.6. The Labute approximate surface area is 233 Å². The maximum Gasteiger partial charge on any atom is 0.423 e. The summed E-state index contributed by atoms with van der Waals surface area (Å²) in [4.78, 5) is 29.4. The molecule has 8 nitrogen and oxygen atoms in total. The number of hydrogen-bond acceptors (Lipinski definition) is 6. The van der Waals surface area contributed by atoms with Crippen molar-refractivity contribution in [2.75, 3.05) is 56.0 Å². The Morgan fingerprint density at radius 1 is 1.05 bits per heavy atom. The first-order valence-electron chi connectivity index (χ1n) is 13.5. The topological polar surface area (TPSA) is 82.0 Å². The SMILES string of the molecule is C.Cc1ccc(N2CC3CN(CCCC(=O)N4CC[C@@H](Nc5ccc([N+](=O)[O-])c(C(F)(F)F)c5)C4)CC3C2)cc1. The van der Waals surface area contributed by atoms with Crippen LogP contribution in [0.15, 0.2) is 42.5 Å². The summed E-state index contributed by atoms with van der Waals surface area (Å²) in [6.45, 7) is 8.20. The molecular weight excluding hydrogens is 523 g/mol. The molecule has 218 valence electrons. The normalized spacial score (nSPS) is 22.8. The van der Waals surface area contributed by atoms with E-state index in [2.05, 4.69) is 46.3 Å². The fourth-order valence-corrected chi connectivity index (χ4v) is 6.20. The van der Waals surface area contributed by atoms with Gasteiger partial charge in [0.15, 0.2) is 0 Å². The number of halogens is 3. The van der Waals surface area contributed by atoms with Gasteiger partial charge in [-0.3, -0.25) is 14.9 Å². The van der Waals surface area contributed by atoms with Crippen molar-refractivity contribution < 1.29 is 22.9 Å². The van der Waals surface area contributed by atoms with Crippen LogP contribution in [0.1, 0.15) is 37.8 Å². The second-order valence-corrected chi connectivity index (χ2v) is 11.1. The number of hydrogen-bond donors (Lipinski definition) is 1. The summed E-state index contributed by atoms with van der Waals surface area (Å²) in [5.74, 6) is 1.37. The van der Waals surface area contributed by atoms with Crippen molar-refractivity contribution >= 4 is 23.0 Å². The fraction of sp³-hybridized carbons (Fsp3) is 0.552. The van der Waals surface area contributed by atoms with Crippen molar-refractivity contribution in [3.8, 4) is 0 Å². The standard InChI is InChI=1S/C28H34F3N5O3.CH4/c1-19-4-7-24(8-5-19)35-16-20-14-33(15-21(20)17-35)11-2-3-27(37)34-12-10-23(18-34)32-22-6-9-26(36(38)39)25(13-22)28(29,30)31;/h4-9,13,20-21,23,32H,2-3,10-12,14-18H2,1H3;1H4/t20?,21?,23-;/m1./s1. The number of nitrogens with zero attached hydrogens (tertiary/aromatic N) is 4. The van der Waals surface area contributed by atoms with E-state index in [-0.39, 0.29) is 25.1 Å². The van der Waals surface area contributed by atoms with E-state index in [1.807, 2.05) is 0 Å². The Morgan fingerprint density at radius 3 is 2.35 bits per heavy atom. The molecule has 5 rings (SSSR count). The minimum absolute atomic E-state index is 0. The van der Waals surface area contributed by atoms with Crippen LogP contribution in [0.4, 0.5) is 30.2 Å². The van der Waals surface area contributed by atoms with Crippen molar-refractivity contribution in [3.05, 3.63) is 63.7 Å². The van der Waals surface area contributed by atoms with Gasteiger partial charge in [-0.2, -0.15) is 13.2 Å². The van der Waals surface area contributed by atoms with E-state index in [1.165, 1.54) is 17.3 Å². The number of carbonyl (C=O) groups is 1. The number of aryl methyl sites for hydroxylation is 1. The molecule has 0 aromatic heterocycles. The van der Waals surface area contributed by atoms with Crippen molar-refractivity contribution in [1.29, 1.82) is 0 Å². The lowest BCUT2D eigenvalue weighted by molar-refractivity contribution is -0.388. The predicted octanol–water partition coefficient (Wildman–Crippen LogP) is 5.42. The minimum Gasteiger partial charge on any atom is -0.380 e. The van der Waals surface area contributed by atoms with Gasteiger partial charge in [-0.15, -0.1) is 0 Å². The van der Waals surface area contributed by atoms with Gasteiger partial charge in [0, 0.05) is 69.2 Å². The number of anilines is 2. The number of carbonyl (C=O) groups excluding carboxylic acids is 1. The molecule has 0 saturated carbocycles. The molecule has 2 aromatic rings. The van der Waals surface area contributed by atoms with Gasteiger partial charge in [0.25, 0.3) is 5.69 Å². The second kappa shape index (κ2) is 12.0. The molecule has 2 aromatic carbocycles. The molecule has 3 heterocycles. The van der Waals surface area contributed by atoms with Crippen LogP contribution in [-0.2, 0) is 11.0 Å². The predicted molar refractivity (Wildman–Crippen MR) is 149 cm³/mol. The van der Waals surface area contributed by atoms with Gasteiger partial charge >= 0.3 is 6.18 Å². The molecule has 0 bridgehead atoms. The Bertz CT molecular complexity index is 1190. The van der Waals surface area contributed by atoms with E-state index in [4.69, 9.17) is 0 Å². The van der Waals surface area contributed by atoms with Crippen LogP contribution < -0.4 is 10.2 Å². The zero-order valence-corrected chi connectivity index (χ0v) is 22.0. The lowest BCUT2D eigenvalue weighted by atomic mass is 10.0. The molecule has 3 atom stereocenters. The number of amides is 1. The summed E-state index contributed by atoms with van der Waals surface area (Å²) >= 11 is 0. The van der Waals surface area contributed by atoms with Gasteiger partial charge in [0.2, 0.25) is 5.91 Å². The molecule has 1 amide bonds. The van der Waals surface area contributed by atoms with E-state index in [1.54, 1.807) is 4.90 Å². The number of nitro benzene ring substituents is 1. The molecule has 11 heteroatoms. The van der Waals surface area contributed by atoms with Gasteiger partial charge < -0.3 is 20.0 Å². The molecule has 0 aliphatic carbocycles. The first kappa shape index (κ1) is 29.6. The number of likely N-dealkylation sites (tertiary alicyclic amines) is 2. The molecule has 3 aliphatic heterocycles. The Kier molecular flexibility index (Phi) is 8.92. The van der Waals surface area contributed by atoms with Crippen LogP contribution in [0, 0.1) is 28.9 Å². The van der Waals surface area contributed by atoms with E-state index < -0.39 is 22.4 Å². The quantitative estimate of drug-likeness (QED) is 0.343. The smallest absolute Gasteiger partial charge is 0.380 e. The average molecular weight is 562 g/mol. The zero-order chi connectivity index (χ0) is 27.7. The number of rotatable bonds is 8. The van der Waals surface area contributed by atoms with Gasteiger partial charge in [-0.1, -0.05) is 25.1 Å². The third-order valence-electron chi connectivity index (χ3n) is 8.24. The van der Waals surface area contributed by atoms with Crippen molar-refractivity contribution in [2.24, 2.45) is 11.8 Å². The Hall–Kier alpha value is -3.34. The van der Waals surface area contributed by atoms with Crippen molar-refractivity contribution in [1.82, 2.24) is 9.80 Å². The van der Waals surface area contributed by atoms with Crippen LogP contribution in [0.25, 0.3) is 0 Å². The Morgan fingerprint density at radius 2 is 1.73 bits per heavy atom. The monoisotopic (exact) mass is 561 g/mol. The highest BCUT2D eigenvalue weighted by atomic mass is 19.4. The van der Waals surface area contributed by atoms with E-state index in [0.717, 1.165) is 51.3 Å². The van der Waals surface area contributed by atoms with Crippen LogP contribution in [-0.4, -0.2) is 72.5 Å². The maximum absolute atomic E-state index is 13.3. The zero-order valence-electron chi connectivity index (χ0n) is 22.0. The molecule has 3 aliphatic rings. The lowest BCUT2D eigenvalue weighted by Gasteiger charge is -2.23. The highest BCUT2D eigenvalue weighted by molar-refractivity contribution is 5.76. The second-order valence-electron chi connectivity index (χ2n) is 11.1. The van der Waals surface area contributed by atoms with Gasteiger partial charge in [0.05, 0.1) is 4.92 Å². The molecule has 3 saturated heterocycles. The highest BCUT2D eigenvalue weighted by Gasteiger charge is 2.40. The van der Waals surface area contributed by atoms with Crippen LogP contribution in [0.5, 0.6) is 0 Å². The summed E-state index contributed by atoms with van der Waals surface area (Å²) in [5.41, 5.74) is 0.468. The molecule has 3 fully saturated rings. The largest absolute Gasteiger partial charge is 0.423 e. The summed E-state index contributed by atoms with van der Waals surface area (Å²) < 4.78 is 39.8. The van der Waals surface area contributed by atoms with E-state index in [9.17, 15) is 28.1 Å². The van der Waals surface area contributed by atoms with Crippen LogP contribution >= 0.6 is 0 Å². The molecule has 40 heavy (non-hydrogen) atoms. The fourth-order valence-electron chi connectivity index (χ4n) is 6.20. The molecule has 1 N–H and O–H groups in total. The minimum atomic E-state index is -4.83. The van der Waals surface area contributed by atoms with Gasteiger partial charge in [-0.25, -0.2) is 0 Å². The van der Waals surface area contributed by atoms with E-state index in [0.29, 0.717) is 37.8 Å². The molecule has 0 radical (unpaired) electrons. The van der Waals surface area contributed by atoms with E-state index >= 15 is 0 Å². The van der Waals surface area contributed by atoms with Crippen molar-refractivity contribution in [2.45, 2.75) is 45.8 Å². The Balaban J connectivity index is 0.00000370. The van der Waals surface area contributed by atoms with Gasteiger partial charge in [-0.05, 0) is 62.4 Å². The summed E-state index contributed by atoms with van der Waals surface area (Å²) in [6, 6.07) is 11.4. The summed E-state index contributed by atoms with van der Waals surface area (Å²) in [5, 5.41) is 14.0.